The molecule has 2 aromatic rings. The van der Waals surface area contributed by atoms with E-state index in [4.69, 9.17) is 33.1 Å². The Morgan fingerprint density at radius 2 is 1.42 bits per heavy atom. The number of nitrogens with zero attached hydrogens (tertiary/aromatic N) is 2. The summed E-state index contributed by atoms with van der Waals surface area (Å²) in [6.45, 7) is 1.32. The molecule has 178 valence electrons. The van der Waals surface area contributed by atoms with E-state index in [0.29, 0.717) is 28.7 Å². The Labute approximate surface area is 202 Å². The van der Waals surface area contributed by atoms with Gasteiger partial charge in [0.15, 0.2) is 0 Å². The molecular formula is C20H21Cl2N3O6S2. The second kappa shape index (κ2) is 9.05. The molecule has 0 radical (unpaired) electrons. The summed E-state index contributed by atoms with van der Waals surface area (Å²) in [5.74, 6) is -0.0340. The Morgan fingerprint density at radius 3 is 1.94 bits per heavy atom. The van der Waals surface area contributed by atoms with Gasteiger partial charge in [0.1, 0.15) is 6.61 Å². The Morgan fingerprint density at radius 1 is 0.909 bits per heavy atom. The number of fused-ring (bicyclic) bond motifs is 1. The van der Waals surface area contributed by atoms with E-state index in [1.165, 1.54) is 28.6 Å². The summed E-state index contributed by atoms with van der Waals surface area (Å²) >= 11 is 11.9. The molecule has 2 heterocycles. The van der Waals surface area contributed by atoms with E-state index in [1.807, 2.05) is 0 Å². The summed E-state index contributed by atoms with van der Waals surface area (Å²) in [5, 5.41) is 5.96. The van der Waals surface area contributed by atoms with E-state index in [-0.39, 0.29) is 41.3 Å². The van der Waals surface area contributed by atoms with Crippen molar-refractivity contribution in [2.24, 2.45) is 17.0 Å². The molecule has 2 saturated heterocycles. The lowest BCUT2D eigenvalue weighted by molar-refractivity contribution is 0.101. The Bertz CT molecular complexity index is 1250. The van der Waals surface area contributed by atoms with E-state index in [2.05, 4.69) is 0 Å². The number of halogens is 2. The van der Waals surface area contributed by atoms with Crippen LogP contribution < -0.4 is 5.14 Å². The van der Waals surface area contributed by atoms with Crippen LogP contribution in [0.5, 0.6) is 0 Å². The number of amides is 1. The number of ether oxygens (including phenoxy) is 1. The highest BCUT2D eigenvalue weighted by Gasteiger charge is 2.45. The smallest absolute Gasteiger partial charge is 0.410 e. The molecule has 2 atom stereocenters. The maximum atomic E-state index is 13.0. The van der Waals surface area contributed by atoms with E-state index in [0.717, 1.165) is 0 Å². The van der Waals surface area contributed by atoms with Crippen LogP contribution in [0.4, 0.5) is 4.79 Å². The van der Waals surface area contributed by atoms with Gasteiger partial charge < -0.3 is 9.64 Å². The van der Waals surface area contributed by atoms with Gasteiger partial charge in [0.25, 0.3) is 0 Å². The van der Waals surface area contributed by atoms with Crippen molar-refractivity contribution in [1.29, 1.82) is 0 Å². The molecule has 13 heteroatoms. The fraction of sp³-hybridized carbons (Fsp3) is 0.350. The molecule has 33 heavy (non-hydrogen) atoms. The first-order chi connectivity index (χ1) is 15.4. The van der Waals surface area contributed by atoms with Crippen LogP contribution in [0.2, 0.25) is 10.0 Å². The van der Waals surface area contributed by atoms with Gasteiger partial charge in [-0.05, 0) is 59.9 Å². The van der Waals surface area contributed by atoms with Crippen LogP contribution >= 0.6 is 23.2 Å². The quantitative estimate of drug-likeness (QED) is 0.628. The number of sulfonamides is 2. The lowest BCUT2D eigenvalue weighted by Gasteiger charge is -2.21. The van der Waals surface area contributed by atoms with Gasteiger partial charge in [-0.15, -0.1) is 0 Å². The highest BCUT2D eigenvalue weighted by molar-refractivity contribution is 7.89. The molecular weight excluding hydrogens is 513 g/mol. The Kier molecular flexibility index (Phi) is 6.64. The predicted molar refractivity (Wildman–Crippen MR) is 122 cm³/mol. The van der Waals surface area contributed by atoms with Crippen LogP contribution in [0.25, 0.3) is 0 Å². The largest absolute Gasteiger partial charge is 0.445 e. The van der Waals surface area contributed by atoms with Crippen molar-refractivity contribution in [2.45, 2.75) is 16.4 Å². The summed E-state index contributed by atoms with van der Waals surface area (Å²) < 4.78 is 55.5. The molecule has 0 spiro atoms. The monoisotopic (exact) mass is 533 g/mol. The summed E-state index contributed by atoms with van der Waals surface area (Å²) in [6.07, 6.45) is -0.478. The SMILES string of the molecule is NS(=O)(=O)c1ccc(S(=O)(=O)N2CC3CN(C(=O)OCc4cc(Cl)cc(Cl)c4)CC3C2)cc1. The third kappa shape index (κ3) is 5.28. The van der Waals surface area contributed by atoms with Gasteiger partial charge in [0.2, 0.25) is 20.0 Å². The second-order valence-electron chi connectivity index (χ2n) is 8.10. The summed E-state index contributed by atoms with van der Waals surface area (Å²) in [6, 6.07) is 9.72. The molecule has 0 saturated carbocycles. The lowest BCUT2D eigenvalue weighted by Crippen LogP contribution is -2.35. The number of carbonyl (C=O) groups excluding carboxylic acids is 1. The number of carbonyl (C=O) groups is 1. The molecule has 2 aromatic carbocycles. The van der Waals surface area contributed by atoms with Gasteiger partial charge in [-0.2, -0.15) is 4.31 Å². The minimum absolute atomic E-state index is 0.00804. The van der Waals surface area contributed by atoms with Crippen molar-refractivity contribution in [1.82, 2.24) is 9.21 Å². The van der Waals surface area contributed by atoms with Crippen molar-refractivity contribution in [3.63, 3.8) is 0 Å². The first-order valence-electron chi connectivity index (χ1n) is 9.93. The molecule has 0 aromatic heterocycles. The first kappa shape index (κ1) is 24.2. The summed E-state index contributed by atoms with van der Waals surface area (Å²) in [7, 11) is -7.71. The average molecular weight is 534 g/mol. The predicted octanol–water partition coefficient (Wildman–Crippen LogP) is 2.53. The molecule has 4 rings (SSSR count). The Balaban J connectivity index is 1.35. The molecule has 0 aliphatic carbocycles. The van der Waals surface area contributed by atoms with Gasteiger partial charge in [0.05, 0.1) is 9.79 Å². The molecule has 2 unspecified atom stereocenters. The number of primary sulfonamides is 1. The third-order valence-corrected chi connectivity index (χ3v) is 9.00. The first-order valence-corrected chi connectivity index (χ1v) is 13.7. The fourth-order valence-electron chi connectivity index (χ4n) is 4.18. The van der Waals surface area contributed by atoms with Gasteiger partial charge in [-0.1, -0.05) is 23.2 Å². The Hall–Kier alpha value is -1.89. The van der Waals surface area contributed by atoms with Crippen LogP contribution in [0.3, 0.4) is 0 Å². The number of benzene rings is 2. The van der Waals surface area contributed by atoms with E-state index in [9.17, 15) is 21.6 Å². The maximum Gasteiger partial charge on any atom is 0.410 e. The zero-order chi connectivity index (χ0) is 24.0. The van der Waals surface area contributed by atoms with Crippen LogP contribution in [0.15, 0.2) is 52.3 Å². The zero-order valence-corrected chi connectivity index (χ0v) is 20.4. The zero-order valence-electron chi connectivity index (χ0n) is 17.2. The normalized spacial score (nSPS) is 21.2. The summed E-state index contributed by atoms with van der Waals surface area (Å²) in [5.41, 5.74) is 0.672. The molecule has 2 aliphatic heterocycles. The molecule has 2 N–H and O–H groups in total. The van der Waals surface area contributed by atoms with Gasteiger partial charge in [0, 0.05) is 36.2 Å². The number of likely N-dealkylation sites (tertiary alicyclic amines) is 1. The van der Waals surface area contributed by atoms with Crippen molar-refractivity contribution in [2.75, 3.05) is 26.2 Å². The van der Waals surface area contributed by atoms with Crippen LogP contribution in [-0.2, 0) is 31.4 Å². The maximum absolute atomic E-state index is 13.0. The molecule has 2 aliphatic rings. The highest BCUT2D eigenvalue weighted by atomic mass is 35.5. The minimum Gasteiger partial charge on any atom is -0.445 e. The number of hydrogen-bond acceptors (Lipinski definition) is 6. The number of hydrogen-bond donors (Lipinski definition) is 1. The number of rotatable bonds is 5. The van der Waals surface area contributed by atoms with Crippen molar-refractivity contribution in [3.05, 3.63) is 58.1 Å². The highest BCUT2D eigenvalue weighted by Crippen LogP contribution is 2.34. The van der Waals surface area contributed by atoms with E-state index < -0.39 is 26.1 Å². The third-order valence-electron chi connectivity index (χ3n) is 5.79. The lowest BCUT2D eigenvalue weighted by atomic mass is 10.0. The minimum atomic E-state index is -3.91. The van der Waals surface area contributed by atoms with Crippen molar-refractivity contribution < 1.29 is 26.4 Å². The average Bonchev–Trinajstić information content (AvgIpc) is 3.31. The summed E-state index contributed by atoms with van der Waals surface area (Å²) in [4.78, 5) is 13.9. The molecule has 0 bridgehead atoms. The second-order valence-corrected chi connectivity index (χ2v) is 12.5. The van der Waals surface area contributed by atoms with Crippen LogP contribution in [0.1, 0.15) is 5.56 Å². The molecule has 9 nitrogen and oxygen atoms in total. The topological polar surface area (TPSA) is 127 Å². The fourth-order valence-corrected chi connectivity index (χ4v) is 6.82. The van der Waals surface area contributed by atoms with Crippen LogP contribution in [-0.4, -0.2) is 58.3 Å². The number of nitrogens with two attached hydrogens (primary N) is 1. The van der Waals surface area contributed by atoms with Crippen molar-refractivity contribution in [3.8, 4) is 0 Å². The van der Waals surface area contributed by atoms with E-state index in [1.54, 1.807) is 23.1 Å². The van der Waals surface area contributed by atoms with Crippen LogP contribution in [0, 0.1) is 11.8 Å². The van der Waals surface area contributed by atoms with Gasteiger partial charge in [-0.3, -0.25) is 0 Å². The molecule has 1 amide bonds. The van der Waals surface area contributed by atoms with Gasteiger partial charge >= 0.3 is 6.09 Å². The van der Waals surface area contributed by atoms with Gasteiger partial charge in [-0.25, -0.2) is 26.8 Å². The van der Waals surface area contributed by atoms with E-state index >= 15 is 0 Å². The molecule has 2 fully saturated rings. The standard InChI is InChI=1S/C20H21Cl2N3O6S2/c21-16-5-13(6-17(22)7-16)12-31-20(26)24-8-14-10-25(11-15(14)9-24)33(29,30)19-3-1-18(2-4-19)32(23,27)28/h1-7,14-15H,8-12H2,(H2,23,27,28). The van der Waals surface area contributed by atoms with Crippen molar-refractivity contribution >= 4 is 49.3 Å².